The van der Waals surface area contributed by atoms with Gasteiger partial charge in [0, 0.05) is 13.0 Å². The number of imide groups is 2. The van der Waals surface area contributed by atoms with Crippen molar-refractivity contribution in [1.29, 1.82) is 0 Å². The lowest BCUT2D eigenvalue weighted by Gasteiger charge is -2.34. The monoisotopic (exact) mass is 222 g/mol. The molecule has 1 saturated heterocycles. The summed E-state index contributed by atoms with van der Waals surface area (Å²) in [6, 6.07) is -0.661. The third-order valence-corrected chi connectivity index (χ3v) is 2.52. The van der Waals surface area contributed by atoms with Gasteiger partial charge in [-0.3, -0.25) is 19.8 Å². The van der Waals surface area contributed by atoms with E-state index in [1.165, 1.54) is 13.8 Å². The Hall–Kier alpha value is -1.83. The first-order chi connectivity index (χ1) is 7.41. The van der Waals surface area contributed by atoms with Crippen LogP contribution in [0.4, 0.5) is 4.79 Å². The van der Waals surface area contributed by atoms with E-state index in [2.05, 4.69) is 11.2 Å². The molecule has 0 aromatic heterocycles. The summed E-state index contributed by atoms with van der Waals surface area (Å²) in [5.74, 6) is 1.40. The molecular formula is C11H14N2O3. The minimum absolute atomic E-state index is 0.242. The Balaban J connectivity index is 2.77. The summed E-state index contributed by atoms with van der Waals surface area (Å²) in [6.07, 6.45) is 6.11. The molecule has 0 aromatic rings. The minimum atomic E-state index is -1.19. The van der Waals surface area contributed by atoms with Crippen LogP contribution < -0.4 is 5.32 Å². The van der Waals surface area contributed by atoms with E-state index in [-0.39, 0.29) is 6.54 Å². The van der Waals surface area contributed by atoms with E-state index in [0.717, 1.165) is 4.90 Å². The summed E-state index contributed by atoms with van der Waals surface area (Å²) >= 11 is 0. The lowest BCUT2D eigenvalue weighted by Crippen LogP contribution is -2.61. The van der Waals surface area contributed by atoms with Gasteiger partial charge in [-0.05, 0) is 20.3 Å². The zero-order valence-corrected chi connectivity index (χ0v) is 9.37. The van der Waals surface area contributed by atoms with Crippen molar-refractivity contribution in [3.05, 3.63) is 0 Å². The molecule has 1 rings (SSSR count). The van der Waals surface area contributed by atoms with E-state index in [0.29, 0.717) is 12.8 Å². The van der Waals surface area contributed by atoms with Gasteiger partial charge < -0.3 is 0 Å². The molecule has 1 aliphatic heterocycles. The average molecular weight is 222 g/mol. The second kappa shape index (κ2) is 4.35. The predicted molar refractivity (Wildman–Crippen MR) is 57.1 cm³/mol. The maximum atomic E-state index is 11.9. The highest BCUT2D eigenvalue weighted by molar-refractivity contribution is 6.18. The Morgan fingerprint density at radius 3 is 2.56 bits per heavy atom. The van der Waals surface area contributed by atoms with E-state index in [4.69, 9.17) is 6.42 Å². The standard InChI is InChI=1S/C11H14N2O3/c1-4-5-6-7-13-9(15)11(2,3)8(14)12-10(13)16/h1H,5-7H2,2-3H3,(H,12,14,16). The van der Waals surface area contributed by atoms with E-state index in [9.17, 15) is 14.4 Å². The molecule has 86 valence electrons. The van der Waals surface area contributed by atoms with Crippen molar-refractivity contribution in [2.24, 2.45) is 5.41 Å². The number of hydrogen-bond acceptors (Lipinski definition) is 3. The van der Waals surface area contributed by atoms with Crippen LogP contribution in [0.3, 0.4) is 0 Å². The van der Waals surface area contributed by atoms with Crippen LogP contribution in [0.25, 0.3) is 0 Å². The Labute approximate surface area is 94.2 Å². The maximum absolute atomic E-state index is 11.9. The Morgan fingerprint density at radius 1 is 1.38 bits per heavy atom. The summed E-state index contributed by atoms with van der Waals surface area (Å²) in [5.41, 5.74) is -1.19. The van der Waals surface area contributed by atoms with Gasteiger partial charge in [0.2, 0.25) is 11.8 Å². The second-order valence-corrected chi connectivity index (χ2v) is 4.15. The van der Waals surface area contributed by atoms with E-state index in [1.807, 2.05) is 0 Å². The first-order valence-corrected chi connectivity index (χ1v) is 5.02. The fourth-order valence-corrected chi connectivity index (χ4v) is 1.39. The first-order valence-electron chi connectivity index (χ1n) is 5.02. The van der Waals surface area contributed by atoms with Crippen molar-refractivity contribution in [3.8, 4) is 12.3 Å². The van der Waals surface area contributed by atoms with Gasteiger partial charge in [0.1, 0.15) is 5.41 Å². The molecule has 0 unspecified atom stereocenters. The molecule has 0 saturated carbocycles. The molecule has 5 heteroatoms. The average Bonchev–Trinajstić information content (AvgIpc) is 2.21. The molecule has 0 atom stereocenters. The molecule has 0 radical (unpaired) electrons. The summed E-state index contributed by atoms with van der Waals surface area (Å²) in [4.78, 5) is 35.7. The lowest BCUT2D eigenvalue weighted by molar-refractivity contribution is -0.149. The van der Waals surface area contributed by atoms with Crippen LogP contribution in [0.1, 0.15) is 26.7 Å². The van der Waals surface area contributed by atoms with Gasteiger partial charge in [0.25, 0.3) is 0 Å². The molecule has 0 aliphatic carbocycles. The highest BCUT2D eigenvalue weighted by atomic mass is 16.2. The van der Waals surface area contributed by atoms with Crippen molar-refractivity contribution in [3.63, 3.8) is 0 Å². The van der Waals surface area contributed by atoms with Crippen LogP contribution in [0, 0.1) is 17.8 Å². The number of hydrogen-bond donors (Lipinski definition) is 1. The number of rotatable bonds is 3. The third-order valence-electron chi connectivity index (χ3n) is 2.52. The fourth-order valence-electron chi connectivity index (χ4n) is 1.39. The van der Waals surface area contributed by atoms with Gasteiger partial charge in [-0.25, -0.2) is 4.79 Å². The number of unbranched alkanes of at least 4 members (excludes halogenated alkanes) is 1. The summed E-state index contributed by atoms with van der Waals surface area (Å²) < 4.78 is 0. The molecule has 1 N–H and O–H groups in total. The third kappa shape index (κ3) is 2.06. The number of barbiturate groups is 1. The Kier molecular flexibility index (Phi) is 3.33. The molecule has 4 amide bonds. The Morgan fingerprint density at radius 2 is 2.00 bits per heavy atom. The normalized spacial score (nSPS) is 19.3. The SMILES string of the molecule is C#CCCCN1C(=O)NC(=O)C(C)(C)C1=O. The zero-order chi connectivity index (χ0) is 12.3. The highest BCUT2D eigenvalue weighted by Crippen LogP contribution is 2.23. The lowest BCUT2D eigenvalue weighted by atomic mass is 9.89. The van der Waals surface area contributed by atoms with Crippen molar-refractivity contribution in [1.82, 2.24) is 10.2 Å². The van der Waals surface area contributed by atoms with Gasteiger partial charge >= 0.3 is 6.03 Å². The second-order valence-electron chi connectivity index (χ2n) is 4.15. The molecule has 0 aromatic carbocycles. The maximum Gasteiger partial charge on any atom is 0.330 e. The number of amides is 4. The largest absolute Gasteiger partial charge is 0.330 e. The summed E-state index contributed by atoms with van der Waals surface area (Å²) in [7, 11) is 0. The predicted octanol–water partition coefficient (Wildman–Crippen LogP) is 0.504. The molecular weight excluding hydrogens is 208 g/mol. The number of carbonyl (C=O) groups is 3. The van der Waals surface area contributed by atoms with Crippen molar-refractivity contribution in [2.45, 2.75) is 26.7 Å². The number of carbonyl (C=O) groups excluding carboxylic acids is 3. The molecule has 16 heavy (non-hydrogen) atoms. The van der Waals surface area contributed by atoms with E-state index in [1.54, 1.807) is 0 Å². The van der Waals surface area contributed by atoms with Crippen LogP contribution >= 0.6 is 0 Å². The van der Waals surface area contributed by atoms with Gasteiger partial charge in [0.05, 0.1) is 0 Å². The van der Waals surface area contributed by atoms with Crippen LogP contribution in [0.5, 0.6) is 0 Å². The quantitative estimate of drug-likeness (QED) is 0.429. The fraction of sp³-hybridized carbons (Fsp3) is 0.545. The number of urea groups is 1. The number of nitrogens with zero attached hydrogens (tertiary/aromatic N) is 1. The van der Waals surface area contributed by atoms with Crippen LogP contribution in [-0.4, -0.2) is 29.3 Å². The number of nitrogens with one attached hydrogen (secondary N) is 1. The molecule has 1 aliphatic rings. The molecule has 5 nitrogen and oxygen atoms in total. The van der Waals surface area contributed by atoms with E-state index < -0.39 is 23.3 Å². The van der Waals surface area contributed by atoms with Gasteiger partial charge in [-0.15, -0.1) is 12.3 Å². The van der Waals surface area contributed by atoms with E-state index >= 15 is 0 Å². The van der Waals surface area contributed by atoms with Gasteiger partial charge in [-0.2, -0.15) is 0 Å². The van der Waals surface area contributed by atoms with Gasteiger partial charge in [-0.1, -0.05) is 0 Å². The van der Waals surface area contributed by atoms with Crippen molar-refractivity contribution in [2.75, 3.05) is 6.54 Å². The summed E-state index contributed by atoms with van der Waals surface area (Å²) in [6.45, 7) is 3.22. The topological polar surface area (TPSA) is 66.5 Å². The first kappa shape index (κ1) is 12.2. The smallest absolute Gasteiger partial charge is 0.277 e. The van der Waals surface area contributed by atoms with Crippen LogP contribution in [0.2, 0.25) is 0 Å². The molecule has 0 bridgehead atoms. The highest BCUT2D eigenvalue weighted by Gasteiger charge is 2.46. The van der Waals surface area contributed by atoms with Gasteiger partial charge in [0.15, 0.2) is 0 Å². The number of terminal acetylenes is 1. The summed E-state index contributed by atoms with van der Waals surface area (Å²) in [5, 5.41) is 2.15. The van der Waals surface area contributed by atoms with Crippen molar-refractivity contribution < 1.29 is 14.4 Å². The molecule has 0 spiro atoms. The van der Waals surface area contributed by atoms with Crippen LogP contribution in [-0.2, 0) is 9.59 Å². The van der Waals surface area contributed by atoms with Crippen molar-refractivity contribution >= 4 is 17.8 Å². The molecule has 1 heterocycles. The zero-order valence-electron chi connectivity index (χ0n) is 9.37. The molecule has 1 fully saturated rings. The Bertz CT molecular complexity index is 379. The minimum Gasteiger partial charge on any atom is -0.277 e. The van der Waals surface area contributed by atoms with Crippen LogP contribution in [0.15, 0.2) is 0 Å².